The molecule has 3 heterocycles. The number of nitrogens with zero attached hydrogens (tertiary/aromatic N) is 2. The van der Waals surface area contributed by atoms with Crippen molar-refractivity contribution < 1.29 is 24.2 Å². The van der Waals surface area contributed by atoms with Crippen LogP contribution in [0.3, 0.4) is 0 Å². The van der Waals surface area contributed by atoms with E-state index in [1.807, 2.05) is 31.2 Å². The van der Waals surface area contributed by atoms with Gasteiger partial charge >= 0.3 is 0 Å². The van der Waals surface area contributed by atoms with E-state index in [2.05, 4.69) is 29.4 Å². The van der Waals surface area contributed by atoms with Gasteiger partial charge in [0.05, 0.1) is 17.4 Å². The molecule has 2 bridgehead atoms. The van der Waals surface area contributed by atoms with Gasteiger partial charge in [-0.25, -0.2) is 0 Å². The van der Waals surface area contributed by atoms with Crippen molar-refractivity contribution in [3.63, 3.8) is 0 Å². The number of likely N-dealkylation sites (tertiary alicyclic amines) is 1. The standard InChI is InChI=1S/C28H42N4O5/c1-5-31(6-2)20-13-11-19(12-14-20)30-25(35)23-28-16-15-27(3,37-28)21(24(34)29-4)22(28)26(36)32(23)17-9-7-8-10-18-33/h11-14,21-23,33H,5-10,15-18H2,1-4H3,(H,29,34)(H,30,35)/t21-,22-,23?,27+,28?/m0/s1. The van der Waals surface area contributed by atoms with Gasteiger partial charge < -0.3 is 30.3 Å². The molecule has 0 saturated carbocycles. The van der Waals surface area contributed by atoms with Crippen LogP contribution in [0.2, 0.25) is 0 Å². The number of hydrogen-bond donors (Lipinski definition) is 3. The fraction of sp³-hybridized carbons (Fsp3) is 0.679. The Bertz CT molecular complexity index is 997. The van der Waals surface area contributed by atoms with E-state index in [0.29, 0.717) is 31.5 Å². The zero-order valence-electron chi connectivity index (χ0n) is 22.6. The molecule has 1 aromatic rings. The number of nitrogens with one attached hydrogen (secondary N) is 2. The third kappa shape index (κ3) is 4.72. The van der Waals surface area contributed by atoms with Crippen LogP contribution in [0.25, 0.3) is 0 Å². The molecule has 2 unspecified atom stereocenters. The normalized spacial score (nSPS) is 29.9. The number of unbranched alkanes of at least 4 members (excludes halogenated alkanes) is 3. The molecule has 4 rings (SSSR count). The molecule has 3 fully saturated rings. The molecular weight excluding hydrogens is 472 g/mol. The van der Waals surface area contributed by atoms with Gasteiger partial charge in [-0.1, -0.05) is 12.8 Å². The average molecular weight is 515 g/mol. The number of amides is 3. The maximum Gasteiger partial charge on any atom is 0.250 e. The number of hydrogen-bond acceptors (Lipinski definition) is 6. The molecule has 3 saturated heterocycles. The third-order valence-electron chi connectivity index (χ3n) is 8.62. The van der Waals surface area contributed by atoms with Crippen molar-refractivity contribution in [3.05, 3.63) is 24.3 Å². The van der Waals surface area contributed by atoms with Gasteiger partial charge in [0, 0.05) is 44.7 Å². The van der Waals surface area contributed by atoms with Crippen LogP contribution in [0.1, 0.15) is 59.3 Å². The van der Waals surface area contributed by atoms with E-state index in [-0.39, 0.29) is 24.3 Å². The minimum Gasteiger partial charge on any atom is -0.396 e. The largest absolute Gasteiger partial charge is 0.396 e. The molecule has 3 aliphatic heterocycles. The van der Waals surface area contributed by atoms with Crippen molar-refractivity contribution in [2.45, 2.75) is 76.5 Å². The first-order chi connectivity index (χ1) is 17.8. The Labute approximate surface area is 219 Å². The predicted octanol–water partition coefficient (Wildman–Crippen LogP) is 2.53. The first-order valence-electron chi connectivity index (χ1n) is 13.7. The Morgan fingerprint density at radius 2 is 1.76 bits per heavy atom. The molecule has 9 heteroatoms. The Morgan fingerprint density at radius 3 is 2.38 bits per heavy atom. The van der Waals surface area contributed by atoms with Crippen LogP contribution >= 0.6 is 0 Å². The minimum absolute atomic E-state index is 0.145. The van der Waals surface area contributed by atoms with Gasteiger partial charge in [0.2, 0.25) is 17.7 Å². The van der Waals surface area contributed by atoms with Crippen LogP contribution in [-0.2, 0) is 19.1 Å². The highest BCUT2D eigenvalue weighted by Crippen LogP contribution is 2.63. The Balaban J connectivity index is 1.60. The number of carbonyl (C=O) groups excluding carboxylic acids is 3. The quantitative estimate of drug-likeness (QED) is 0.370. The van der Waals surface area contributed by atoms with Crippen LogP contribution in [0, 0.1) is 11.8 Å². The molecule has 3 aliphatic rings. The van der Waals surface area contributed by atoms with Gasteiger partial charge in [-0.15, -0.1) is 0 Å². The van der Waals surface area contributed by atoms with Gasteiger partial charge in [0.25, 0.3) is 0 Å². The molecule has 0 aromatic heterocycles. The van der Waals surface area contributed by atoms with E-state index in [9.17, 15) is 14.4 Å². The van der Waals surface area contributed by atoms with E-state index in [4.69, 9.17) is 9.84 Å². The average Bonchev–Trinajstić information content (AvgIpc) is 3.46. The van der Waals surface area contributed by atoms with Crippen molar-refractivity contribution in [2.75, 3.05) is 43.5 Å². The smallest absolute Gasteiger partial charge is 0.250 e. The summed E-state index contributed by atoms with van der Waals surface area (Å²) in [5, 5.41) is 14.8. The summed E-state index contributed by atoms with van der Waals surface area (Å²) in [4.78, 5) is 44.6. The molecule has 37 heavy (non-hydrogen) atoms. The molecule has 9 nitrogen and oxygen atoms in total. The van der Waals surface area contributed by atoms with E-state index in [1.165, 1.54) is 0 Å². The van der Waals surface area contributed by atoms with Gasteiger partial charge in [0.15, 0.2) is 0 Å². The second-order valence-corrected chi connectivity index (χ2v) is 10.7. The lowest BCUT2D eigenvalue weighted by Crippen LogP contribution is -2.53. The predicted molar refractivity (Wildman–Crippen MR) is 142 cm³/mol. The number of benzene rings is 1. The summed E-state index contributed by atoms with van der Waals surface area (Å²) in [6.07, 6.45) is 4.33. The van der Waals surface area contributed by atoms with Gasteiger partial charge in [-0.2, -0.15) is 0 Å². The zero-order valence-corrected chi connectivity index (χ0v) is 22.6. The van der Waals surface area contributed by atoms with Crippen molar-refractivity contribution in [1.29, 1.82) is 0 Å². The number of aliphatic hydroxyl groups is 1. The Morgan fingerprint density at radius 1 is 1.08 bits per heavy atom. The molecule has 3 N–H and O–H groups in total. The topological polar surface area (TPSA) is 111 Å². The van der Waals surface area contributed by atoms with Gasteiger partial charge in [0.1, 0.15) is 11.6 Å². The molecule has 1 aromatic carbocycles. The summed E-state index contributed by atoms with van der Waals surface area (Å²) in [6.45, 7) is 8.46. The number of aliphatic hydroxyl groups excluding tert-OH is 1. The lowest BCUT2D eigenvalue weighted by atomic mass is 9.66. The van der Waals surface area contributed by atoms with Crippen LogP contribution in [-0.4, -0.2) is 78.3 Å². The summed E-state index contributed by atoms with van der Waals surface area (Å²) >= 11 is 0. The second-order valence-electron chi connectivity index (χ2n) is 10.7. The van der Waals surface area contributed by atoms with E-state index < -0.39 is 29.1 Å². The summed E-state index contributed by atoms with van der Waals surface area (Å²) in [7, 11) is 1.58. The lowest BCUT2D eigenvalue weighted by Gasteiger charge is -2.33. The van der Waals surface area contributed by atoms with Crippen LogP contribution in [0.4, 0.5) is 11.4 Å². The number of ether oxygens (including phenoxy) is 1. The van der Waals surface area contributed by atoms with Crippen LogP contribution in [0.15, 0.2) is 24.3 Å². The van der Waals surface area contributed by atoms with Crippen molar-refractivity contribution >= 4 is 29.1 Å². The molecule has 5 atom stereocenters. The number of anilines is 2. The van der Waals surface area contributed by atoms with Crippen LogP contribution in [0.5, 0.6) is 0 Å². The first-order valence-corrected chi connectivity index (χ1v) is 13.7. The molecular formula is C28H42N4O5. The summed E-state index contributed by atoms with van der Waals surface area (Å²) in [5.41, 5.74) is -0.0317. The number of carbonyl (C=O) groups is 3. The Hall–Kier alpha value is -2.65. The van der Waals surface area contributed by atoms with Crippen LogP contribution < -0.4 is 15.5 Å². The van der Waals surface area contributed by atoms with E-state index in [1.54, 1.807) is 11.9 Å². The fourth-order valence-electron chi connectivity index (χ4n) is 6.83. The molecule has 0 aliphatic carbocycles. The van der Waals surface area contributed by atoms with Gasteiger partial charge in [-0.05, 0) is 70.7 Å². The summed E-state index contributed by atoms with van der Waals surface area (Å²) in [6, 6.07) is 6.95. The summed E-state index contributed by atoms with van der Waals surface area (Å²) in [5.74, 6) is -1.95. The van der Waals surface area contributed by atoms with Gasteiger partial charge in [-0.3, -0.25) is 14.4 Å². The SMILES string of the molecule is CCN(CC)c1ccc(NC(=O)C2N(CCCCCCO)C(=O)[C@@H]3[C@@H](C(=O)NC)[C@@]4(C)CCC23O4)cc1. The molecule has 0 radical (unpaired) electrons. The second kappa shape index (κ2) is 11.0. The van der Waals surface area contributed by atoms with E-state index >= 15 is 0 Å². The summed E-state index contributed by atoms with van der Waals surface area (Å²) < 4.78 is 6.58. The Kier molecular flexibility index (Phi) is 8.14. The highest BCUT2D eigenvalue weighted by atomic mass is 16.5. The maximum atomic E-state index is 13.9. The molecule has 204 valence electrons. The van der Waals surface area contributed by atoms with Crippen molar-refractivity contribution in [3.8, 4) is 0 Å². The number of rotatable bonds is 12. The monoisotopic (exact) mass is 514 g/mol. The molecule has 1 spiro atoms. The molecule has 3 amide bonds. The highest BCUT2D eigenvalue weighted by molar-refractivity contribution is 6.03. The maximum absolute atomic E-state index is 13.9. The zero-order chi connectivity index (χ0) is 26.8. The highest BCUT2D eigenvalue weighted by Gasteiger charge is 2.77. The minimum atomic E-state index is -1.01. The van der Waals surface area contributed by atoms with Crippen molar-refractivity contribution in [2.24, 2.45) is 11.8 Å². The third-order valence-corrected chi connectivity index (χ3v) is 8.62. The number of fused-ring (bicyclic) bond motifs is 1. The lowest BCUT2D eigenvalue weighted by molar-refractivity contribution is -0.144. The van der Waals surface area contributed by atoms with Crippen molar-refractivity contribution in [1.82, 2.24) is 10.2 Å². The first kappa shape index (κ1) is 27.4. The fourth-order valence-corrected chi connectivity index (χ4v) is 6.83. The van der Waals surface area contributed by atoms with E-state index in [0.717, 1.165) is 38.0 Å².